The number of benzene rings is 2. The van der Waals surface area contributed by atoms with Crippen LogP contribution in [0.2, 0.25) is 0 Å². The summed E-state index contributed by atoms with van der Waals surface area (Å²) in [5.41, 5.74) is 2.72. The van der Waals surface area contributed by atoms with Gasteiger partial charge in [0, 0.05) is 23.2 Å². The van der Waals surface area contributed by atoms with Crippen molar-refractivity contribution >= 4 is 56.0 Å². The number of halogens is 1. The van der Waals surface area contributed by atoms with E-state index in [1.165, 1.54) is 17.3 Å². The average molecular weight is 496 g/mol. The number of hydrogen-bond donors (Lipinski definition) is 0. The number of amides is 1. The smallest absolute Gasteiger partial charge is 0.263 e. The van der Waals surface area contributed by atoms with Crippen molar-refractivity contribution in [3.05, 3.63) is 75.5 Å². The third kappa shape index (κ3) is 3.37. The number of carbonyl (C=O) groups excluding carboxylic acids is 1. The van der Waals surface area contributed by atoms with Gasteiger partial charge < -0.3 is 4.90 Å². The SMILES string of the molecule is C=CCn1c(=O)c2ccccc2n2c(SCC(=O)N3CCc4cc(Br)ccc43)nnc12. The van der Waals surface area contributed by atoms with Crippen LogP contribution in [0.1, 0.15) is 5.56 Å². The number of para-hydroxylation sites is 1. The lowest BCUT2D eigenvalue weighted by molar-refractivity contribution is -0.116. The van der Waals surface area contributed by atoms with Crippen LogP contribution in [-0.2, 0) is 17.8 Å². The molecule has 9 heteroatoms. The van der Waals surface area contributed by atoms with Gasteiger partial charge in [0.2, 0.25) is 11.7 Å². The van der Waals surface area contributed by atoms with E-state index in [-0.39, 0.29) is 17.2 Å². The molecule has 4 aromatic rings. The fourth-order valence-electron chi connectivity index (χ4n) is 3.95. The second-order valence-corrected chi connectivity index (χ2v) is 9.05. The van der Waals surface area contributed by atoms with E-state index >= 15 is 0 Å². The molecule has 2 aromatic carbocycles. The van der Waals surface area contributed by atoms with Crippen LogP contribution in [0.5, 0.6) is 0 Å². The van der Waals surface area contributed by atoms with E-state index in [0.717, 1.165) is 22.1 Å². The molecule has 1 aliphatic heterocycles. The van der Waals surface area contributed by atoms with Crippen LogP contribution in [0.3, 0.4) is 0 Å². The van der Waals surface area contributed by atoms with E-state index in [1.54, 1.807) is 16.7 Å². The Labute approximate surface area is 190 Å². The number of hydrogen-bond acceptors (Lipinski definition) is 5. The molecular formula is C22H18BrN5O2S. The lowest BCUT2D eigenvalue weighted by Gasteiger charge is -2.17. The van der Waals surface area contributed by atoms with Gasteiger partial charge in [0.05, 0.1) is 16.7 Å². The Morgan fingerprint density at radius 2 is 2.06 bits per heavy atom. The first kappa shape index (κ1) is 20.0. The first-order chi connectivity index (χ1) is 15.1. The molecule has 0 atom stereocenters. The summed E-state index contributed by atoms with van der Waals surface area (Å²) in [7, 11) is 0. The van der Waals surface area contributed by atoms with Crippen molar-refractivity contribution in [2.45, 2.75) is 18.1 Å². The van der Waals surface area contributed by atoms with Crippen molar-refractivity contribution in [1.29, 1.82) is 0 Å². The lowest BCUT2D eigenvalue weighted by atomic mass is 10.2. The molecule has 0 spiro atoms. The van der Waals surface area contributed by atoms with Crippen molar-refractivity contribution in [2.75, 3.05) is 17.2 Å². The highest BCUT2D eigenvalue weighted by atomic mass is 79.9. The highest BCUT2D eigenvalue weighted by Crippen LogP contribution is 2.31. The van der Waals surface area contributed by atoms with Gasteiger partial charge in [-0.3, -0.25) is 18.6 Å². The molecule has 0 saturated carbocycles. The van der Waals surface area contributed by atoms with Crippen LogP contribution < -0.4 is 10.5 Å². The molecule has 7 nitrogen and oxygen atoms in total. The van der Waals surface area contributed by atoms with E-state index < -0.39 is 0 Å². The van der Waals surface area contributed by atoms with Gasteiger partial charge in [-0.15, -0.1) is 16.8 Å². The zero-order valence-electron chi connectivity index (χ0n) is 16.5. The number of thioether (sulfide) groups is 1. The number of anilines is 1. The largest absolute Gasteiger partial charge is 0.311 e. The quantitative estimate of drug-likeness (QED) is 0.312. The summed E-state index contributed by atoms with van der Waals surface area (Å²) >= 11 is 4.81. The van der Waals surface area contributed by atoms with Gasteiger partial charge in [0.25, 0.3) is 5.56 Å². The Morgan fingerprint density at radius 3 is 2.90 bits per heavy atom. The van der Waals surface area contributed by atoms with Crippen molar-refractivity contribution in [1.82, 2.24) is 19.2 Å². The second-order valence-electron chi connectivity index (χ2n) is 7.20. The van der Waals surface area contributed by atoms with Crippen LogP contribution in [0, 0.1) is 0 Å². The molecule has 2 aromatic heterocycles. The molecule has 0 aliphatic carbocycles. The minimum atomic E-state index is -0.136. The van der Waals surface area contributed by atoms with Crippen molar-refractivity contribution in [3.8, 4) is 0 Å². The van der Waals surface area contributed by atoms with Crippen LogP contribution in [0.15, 0.2) is 69.5 Å². The third-order valence-electron chi connectivity index (χ3n) is 5.35. The highest BCUT2D eigenvalue weighted by molar-refractivity contribution is 9.10. The maximum absolute atomic E-state index is 13.0. The fourth-order valence-corrected chi connectivity index (χ4v) is 5.18. The molecular weight excluding hydrogens is 478 g/mol. The summed E-state index contributed by atoms with van der Waals surface area (Å²) < 4.78 is 4.40. The minimum Gasteiger partial charge on any atom is -0.311 e. The molecule has 0 saturated heterocycles. The summed E-state index contributed by atoms with van der Waals surface area (Å²) in [6.45, 7) is 4.75. The van der Waals surface area contributed by atoms with Crippen LogP contribution in [-0.4, -0.2) is 37.4 Å². The van der Waals surface area contributed by atoms with Crippen LogP contribution >= 0.6 is 27.7 Å². The van der Waals surface area contributed by atoms with Gasteiger partial charge in [-0.2, -0.15) is 0 Å². The number of nitrogens with zero attached hydrogens (tertiary/aromatic N) is 5. The molecule has 0 bridgehead atoms. The molecule has 31 heavy (non-hydrogen) atoms. The maximum Gasteiger partial charge on any atom is 0.263 e. The Bertz CT molecular complexity index is 1410. The van der Waals surface area contributed by atoms with Gasteiger partial charge in [-0.25, -0.2) is 0 Å². The number of aromatic nitrogens is 4. The summed E-state index contributed by atoms with van der Waals surface area (Å²) in [6, 6.07) is 13.3. The molecule has 5 rings (SSSR count). The monoisotopic (exact) mass is 495 g/mol. The Balaban J connectivity index is 1.49. The van der Waals surface area contributed by atoms with Gasteiger partial charge in [0.15, 0.2) is 5.16 Å². The van der Waals surface area contributed by atoms with E-state index in [4.69, 9.17) is 0 Å². The highest BCUT2D eigenvalue weighted by Gasteiger charge is 2.25. The van der Waals surface area contributed by atoms with Gasteiger partial charge >= 0.3 is 0 Å². The normalized spacial score (nSPS) is 13.1. The molecule has 1 aliphatic rings. The maximum atomic E-state index is 13.0. The Morgan fingerprint density at radius 1 is 1.23 bits per heavy atom. The number of allylic oxidation sites excluding steroid dienone is 1. The number of carbonyl (C=O) groups is 1. The molecule has 1 amide bonds. The predicted molar refractivity (Wildman–Crippen MR) is 126 cm³/mol. The van der Waals surface area contributed by atoms with Crippen molar-refractivity contribution in [3.63, 3.8) is 0 Å². The van der Waals surface area contributed by atoms with E-state index in [9.17, 15) is 9.59 Å². The number of fused-ring (bicyclic) bond motifs is 4. The Kier molecular flexibility index (Phi) is 5.15. The van der Waals surface area contributed by atoms with Crippen molar-refractivity contribution < 1.29 is 4.79 Å². The molecule has 0 N–H and O–H groups in total. The fraction of sp³-hybridized carbons (Fsp3) is 0.182. The summed E-state index contributed by atoms with van der Waals surface area (Å²) in [5, 5.41) is 9.68. The third-order valence-corrected chi connectivity index (χ3v) is 6.76. The summed E-state index contributed by atoms with van der Waals surface area (Å²) in [6.07, 6.45) is 2.50. The molecule has 3 heterocycles. The van der Waals surface area contributed by atoms with E-state index in [1.807, 2.05) is 39.6 Å². The van der Waals surface area contributed by atoms with Crippen molar-refractivity contribution in [2.24, 2.45) is 0 Å². The first-order valence-corrected chi connectivity index (χ1v) is 11.6. The predicted octanol–water partition coefficient (Wildman–Crippen LogP) is 3.67. The second kappa shape index (κ2) is 7.97. The van der Waals surface area contributed by atoms with Gasteiger partial charge in [-0.05, 0) is 42.3 Å². The van der Waals surface area contributed by atoms with Crippen LogP contribution in [0.25, 0.3) is 16.7 Å². The zero-order valence-corrected chi connectivity index (χ0v) is 18.9. The zero-order chi connectivity index (χ0) is 21.5. The van der Waals surface area contributed by atoms with Gasteiger partial charge in [-0.1, -0.05) is 45.9 Å². The standard InChI is InChI=1S/C22H18BrN5O2S/c1-2-10-27-20(30)16-5-3-4-6-18(16)28-21(27)24-25-22(28)31-13-19(29)26-11-9-14-12-15(23)7-8-17(14)26/h2-8,12H,1,9-11,13H2. The molecule has 0 fully saturated rings. The van der Waals surface area contributed by atoms with E-state index in [2.05, 4.69) is 38.8 Å². The Hall–Kier alpha value is -2.91. The lowest BCUT2D eigenvalue weighted by Crippen LogP contribution is -2.30. The molecule has 0 radical (unpaired) electrons. The van der Waals surface area contributed by atoms with Gasteiger partial charge in [0.1, 0.15) is 0 Å². The molecule has 0 unspecified atom stereocenters. The minimum absolute atomic E-state index is 0.0199. The van der Waals surface area contributed by atoms with Crippen LogP contribution in [0.4, 0.5) is 5.69 Å². The average Bonchev–Trinajstić information content (AvgIpc) is 3.39. The topological polar surface area (TPSA) is 72.5 Å². The summed E-state index contributed by atoms with van der Waals surface area (Å²) in [5.74, 6) is 0.687. The number of rotatable bonds is 5. The molecule has 156 valence electrons. The summed E-state index contributed by atoms with van der Waals surface area (Å²) in [4.78, 5) is 27.7. The van der Waals surface area contributed by atoms with E-state index in [0.29, 0.717) is 29.4 Å². The first-order valence-electron chi connectivity index (χ1n) is 9.77.